The number of carboxylic acid groups (broad SMARTS) is 1. The zero-order valence-electron chi connectivity index (χ0n) is 39.1. The van der Waals surface area contributed by atoms with E-state index in [2.05, 4.69) is 56.9 Å². The summed E-state index contributed by atoms with van der Waals surface area (Å²) in [6, 6.07) is 9.24. The third-order valence-corrected chi connectivity index (χ3v) is 17.5. The summed E-state index contributed by atoms with van der Waals surface area (Å²) in [5.41, 5.74) is 13.6. The number of fused-ring (bicyclic) bond motifs is 4. The smallest absolute Gasteiger partial charge is 0.478 e. The Morgan fingerprint density at radius 2 is 1.66 bits per heavy atom. The fraction of sp³-hybridized carbons (Fsp3) is 0.426. The number of carbonyl (C=O) groups is 2. The SMILES string of the molecule is Nc1nc(=O)n([C@@H]2O[C@H](COP(=O)(O)OP(=O)(O)OP(=O)(O)O)C[C@H]2O)cc1C#CCCCNC(=O)c1ccc(C2=c3cc4c5c(c3Oc3c2cc2c6c3CCCN6CCC2)CCC[N+]=5CCC4)c(C(=O)O)c1. The number of nitrogen functional groups attached to an aromatic ring is 1. The van der Waals surface area contributed by atoms with Gasteiger partial charge in [-0.15, -0.1) is 0 Å². The Balaban J connectivity index is 0.840. The number of aliphatic hydroxyl groups excluding tert-OH is 1. The molecule has 0 radical (unpaired) electrons. The minimum absolute atomic E-state index is 0.00458. The largest absolute Gasteiger partial charge is 0.490 e. The Morgan fingerprint density at radius 3 is 2.42 bits per heavy atom. The van der Waals surface area contributed by atoms with E-state index in [1.807, 2.05) is 0 Å². The van der Waals surface area contributed by atoms with Crippen molar-refractivity contribution in [2.24, 2.45) is 0 Å². The molecule has 1 saturated heterocycles. The van der Waals surface area contributed by atoms with E-state index >= 15 is 0 Å². The predicted molar refractivity (Wildman–Crippen MR) is 259 cm³/mol. The number of aliphatic hydroxyl groups is 1. The highest BCUT2D eigenvalue weighted by molar-refractivity contribution is 7.66. The number of nitrogens with zero attached hydrogens (tertiary/aromatic N) is 4. The van der Waals surface area contributed by atoms with E-state index in [9.17, 15) is 48.1 Å². The van der Waals surface area contributed by atoms with Crippen LogP contribution in [-0.2, 0) is 57.3 Å². The van der Waals surface area contributed by atoms with Crippen LogP contribution in [0.1, 0.15) is 111 Å². The van der Waals surface area contributed by atoms with E-state index < -0.39 is 66.1 Å². The van der Waals surface area contributed by atoms with Gasteiger partial charge >= 0.3 is 35.1 Å². The van der Waals surface area contributed by atoms with Crippen LogP contribution < -0.4 is 41.5 Å². The molecule has 6 aliphatic heterocycles. The van der Waals surface area contributed by atoms with Gasteiger partial charge in [0.05, 0.1) is 29.4 Å². The zero-order valence-corrected chi connectivity index (χ0v) is 41.8. The molecule has 7 heterocycles. The maximum atomic E-state index is 13.6. The molecular weight excluding hydrogens is 1010 g/mol. The normalized spacial score (nSPS) is 21.3. The standard InChI is InChI=1S/C47H51N6O17P3/c48-43-29(24-53(47(58)50-43)45-37(54)23-30(67-45)25-66-72(62,63)70-73(64,65)69-71(59,60)61)8-2-1-3-15-49-44(55)28-13-14-31(34(22-28)46(56)57)38-35-20-26-9-4-16-51-18-6-11-32(39(26)51)41(35)68-42-33-12-7-19-52-17-5-10-27(40(33)52)21-36(38)42/h13-14,20-22,24,30,37,45,54H,1,3-7,9-12,15-19,23,25H2,(H7-,48,49,50,55,56,57,58,59,60,61,62,63,64,65)/p+1/t30-,37+,45+/m0/s1. The molecule has 1 amide bonds. The summed E-state index contributed by atoms with van der Waals surface area (Å²) in [5, 5.41) is 26.5. The van der Waals surface area contributed by atoms with Crippen molar-refractivity contribution in [1.29, 1.82) is 0 Å². The quantitative estimate of drug-likeness (QED) is 0.0343. The van der Waals surface area contributed by atoms with Crippen LogP contribution >= 0.6 is 23.5 Å². The van der Waals surface area contributed by atoms with Gasteiger partial charge in [-0.1, -0.05) is 17.9 Å². The average Bonchev–Trinajstić information content (AvgIpc) is 3.70. The number of nitrogens with one attached hydrogen (secondary N) is 1. The summed E-state index contributed by atoms with van der Waals surface area (Å²) < 4.78 is 62.8. The maximum absolute atomic E-state index is 13.6. The first-order valence-corrected chi connectivity index (χ1v) is 28.3. The molecule has 0 saturated carbocycles. The number of rotatable bonds is 14. The molecule has 2 unspecified atom stereocenters. The molecule has 10 rings (SSSR count). The van der Waals surface area contributed by atoms with Crippen LogP contribution in [-0.4, -0.2) is 103 Å². The third-order valence-electron chi connectivity index (χ3n) is 13.7. The molecule has 6 aliphatic rings. The van der Waals surface area contributed by atoms with E-state index in [4.69, 9.17) is 25.0 Å². The highest BCUT2D eigenvalue weighted by Crippen LogP contribution is 2.66. The van der Waals surface area contributed by atoms with Gasteiger partial charge in [-0.05, 0) is 80.3 Å². The Labute approximate surface area is 416 Å². The van der Waals surface area contributed by atoms with Crippen LogP contribution in [0.5, 0.6) is 11.5 Å². The Morgan fingerprint density at radius 1 is 0.918 bits per heavy atom. The van der Waals surface area contributed by atoms with Crippen molar-refractivity contribution in [3.8, 4) is 23.3 Å². The number of aromatic carboxylic acids is 1. The lowest BCUT2D eigenvalue weighted by atomic mass is 9.81. The van der Waals surface area contributed by atoms with Crippen molar-refractivity contribution in [2.45, 2.75) is 89.1 Å². The van der Waals surface area contributed by atoms with Crippen LogP contribution in [0.4, 0.5) is 11.5 Å². The molecule has 4 aromatic rings. The zero-order chi connectivity index (χ0) is 51.6. The van der Waals surface area contributed by atoms with Gasteiger partial charge in [-0.25, -0.2) is 27.9 Å². The Bertz CT molecular complexity index is 3400. The minimum Gasteiger partial charge on any atom is -0.478 e. The molecule has 23 nitrogen and oxygen atoms in total. The van der Waals surface area contributed by atoms with Crippen LogP contribution in [0.15, 0.2) is 41.3 Å². The van der Waals surface area contributed by atoms with E-state index in [0.29, 0.717) is 12.0 Å². The molecule has 5 atom stereocenters. The first kappa shape index (κ1) is 50.9. The molecule has 1 aromatic heterocycles. The van der Waals surface area contributed by atoms with Crippen LogP contribution in [0.3, 0.4) is 0 Å². The lowest BCUT2D eigenvalue weighted by molar-refractivity contribution is -0.0523. The van der Waals surface area contributed by atoms with Crippen molar-refractivity contribution in [2.75, 3.05) is 50.0 Å². The second kappa shape index (κ2) is 19.9. The number of hydrogen-bond donors (Lipinski definition) is 8. The van der Waals surface area contributed by atoms with E-state index in [-0.39, 0.29) is 41.9 Å². The molecule has 0 aliphatic carbocycles. The summed E-state index contributed by atoms with van der Waals surface area (Å²) >= 11 is 0. The summed E-state index contributed by atoms with van der Waals surface area (Å²) in [6.45, 7) is 3.28. The van der Waals surface area contributed by atoms with Gasteiger partial charge in [-0.2, -0.15) is 13.6 Å². The summed E-state index contributed by atoms with van der Waals surface area (Å²) in [4.78, 5) is 82.6. The predicted octanol–water partition coefficient (Wildman–Crippen LogP) is 2.51. The monoisotopic (exact) mass is 1070 g/mol. The fourth-order valence-corrected chi connectivity index (χ4v) is 13.9. The lowest BCUT2D eigenvalue weighted by Crippen LogP contribution is -2.45. The number of amides is 1. The van der Waals surface area contributed by atoms with Crippen LogP contribution in [0.25, 0.3) is 5.57 Å². The number of anilines is 2. The summed E-state index contributed by atoms with van der Waals surface area (Å²) in [7, 11) is -16.9. The molecule has 26 heteroatoms. The van der Waals surface area contributed by atoms with Gasteiger partial charge in [0, 0.05) is 90.2 Å². The number of hydrogen-bond acceptors (Lipinski definition) is 15. The number of carbonyl (C=O) groups excluding carboxylic acids is 1. The molecule has 73 heavy (non-hydrogen) atoms. The van der Waals surface area contributed by atoms with Crippen molar-refractivity contribution in [1.82, 2.24) is 19.4 Å². The number of aromatic nitrogens is 2. The summed E-state index contributed by atoms with van der Waals surface area (Å²) in [5.74, 6) is 5.42. The van der Waals surface area contributed by atoms with Crippen molar-refractivity contribution < 1.29 is 75.7 Å². The molecule has 1 fully saturated rings. The number of ether oxygens (including phenoxy) is 2. The molecular formula is C47H52N6O17P3+. The molecule has 3 aromatic carbocycles. The van der Waals surface area contributed by atoms with E-state index in [1.165, 1.54) is 45.6 Å². The number of phosphoric ester groups is 1. The topological polar surface area (TPSA) is 332 Å². The lowest BCUT2D eigenvalue weighted by Gasteiger charge is -2.39. The second-order valence-electron chi connectivity index (χ2n) is 18.6. The fourth-order valence-electron chi connectivity index (χ4n) is 10.9. The Kier molecular flexibility index (Phi) is 13.9. The first-order valence-electron chi connectivity index (χ1n) is 23.8. The highest BCUT2D eigenvalue weighted by atomic mass is 31.3. The number of carboxylic acids is 1. The number of aryl methyl sites for hydroxylation is 2. The number of benzene rings is 3. The molecule has 0 bridgehead atoms. The van der Waals surface area contributed by atoms with Gasteiger partial charge in [0.1, 0.15) is 36.5 Å². The van der Waals surface area contributed by atoms with Crippen LogP contribution in [0, 0.1) is 11.8 Å². The van der Waals surface area contributed by atoms with Crippen LogP contribution in [0.2, 0.25) is 0 Å². The van der Waals surface area contributed by atoms with Crippen molar-refractivity contribution in [3.05, 3.63) is 108 Å². The van der Waals surface area contributed by atoms with Gasteiger partial charge in [0.15, 0.2) is 6.23 Å². The maximum Gasteiger partial charge on any atom is 0.490 e. The van der Waals surface area contributed by atoms with Gasteiger partial charge in [0.25, 0.3) is 5.91 Å². The number of phosphoric acid groups is 3. The van der Waals surface area contributed by atoms with Crippen molar-refractivity contribution in [3.63, 3.8) is 0 Å². The van der Waals surface area contributed by atoms with Crippen molar-refractivity contribution >= 4 is 52.4 Å². The molecule has 9 N–H and O–H groups in total. The Hall–Kier alpha value is -5.56. The minimum atomic E-state index is -5.77. The highest BCUT2D eigenvalue weighted by Gasteiger charge is 2.43. The third kappa shape index (κ3) is 10.5. The second-order valence-corrected chi connectivity index (χ2v) is 23.1. The first-order chi connectivity index (χ1) is 34.7. The van der Waals surface area contributed by atoms with E-state index in [0.717, 1.165) is 110 Å². The van der Waals surface area contributed by atoms with Gasteiger partial charge in [-0.3, -0.25) is 13.9 Å². The number of unbranched alkanes of at least 4 members (excludes halogenated alkanes) is 1. The van der Waals surface area contributed by atoms with Gasteiger partial charge in [0.2, 0.25) is 5.36 Å². The van der Waals surface area contributed by atoms with Gasteiger partial charge < -0.3 is 55.2 Å². The molecule has 386 valence electrons. The van der Waals surface area contributed by atoms with E-state index in [1.54, 1.807) is 12.1 Å². The summed E-state index contributed by atoms with van der Waals surface area (Å²) in [6.07, 6.45) is 5.06. The number of nitrogens with two attached hydrogens (primary N) is 1. The molecule has 0 spiro atoms. The average molecular weight is 1070 g/mol.